The molecule has 8 atom stereocenters. The largest absolute Gasteiger partial charge is 0.481 e. The number of rotatable bonds is 15. The summed E-state index contributed by atoms with van der Waals surface area (Å²) >= 11 is 0. The lowest BCUT2D eigenvalue weighted by Crippen LogP contribution is -2.42. The van der Waals surface area contributed by atoms with E-state index in [1.807, 2.05) is 0 Å². The maximum absolute atomic E-state index is 12.9. The van der Waals surface area contributed by atoms with Crippen molar-refractivity contribution in [1.29, 1.82) is 0 Å². The van der Waals surface area contributed by atoms with E-state index in [1.165, 1.54) is 0 Å². The van der Waals surface area contributed by atoms with Gasteiger partial charge in [-0.05, 0) is 102 Å². The zero-order valence-corrected chi connectivity index (χ0v) is 28.8. The van der Waals surface area contributed by atoms with Crippen LogP contribution in [0.25, 0.3) is 0 Å². The van der Waals surface area contributed by atoms with Crippen LogP contribution in [0.15, 0.2) is 0 Å². The number of carbonyl (C=O) groups excluding carboxylic acids is 1. The summed E-state index contributed by atoms with van der Waals surface area (Å²) < 4.78 is 18.7. The SMILES string of the molecule is O=C(O)C1CCC([N+](=O)[O-])CC1C(=O)OC1CCC(OC2CCCC(OC3CCC(OOCC4CC([N+](=O)[O-])CCC4COO)CC3)C2)CC1. The van der Waals surface area contributed by atoms with Gasteiger partial charge in [0.2, 0.25) is 12.1 Å². The smallest absolute Gasteiger partial charge is 0.310 e. The van der Waals surface area contributed by atoms with Gasteiger partial charge in [0.05, 0.1) is 55.6 Å². The number of carbonyl (C=O) groups is 2. The van der Waals surface area contributed by atoms with E-state index in [1.54, 1.807) is 0 Å². The standard InChI is InChI=1S/C34H54N2O14/c37-33(38)31-15-6-24(36(42)43)17-32(31)34(39)49-27-9-7-25(8-10-27)47-29-2-1-3-30(18-29)48-26-11-13-28(14-12-26)50-46-20-22-16-23(35(40)41)5-4-21(22)19-45-44/h21-32,44H,1-20H2,(H,37,38). The molecule has 5 rings (SSSR count). The van der Waals surface area contributed by atoms with Crippen molar-refractivity contribution >= 4 is 11.9 Å². The molecule has 0 spiro atoms. The number of hydrogen-bond donors (Lipinski definition) is 2. The average Bonchev–Trinajstić information content (AvgIpc) is 3.10. The number of carboxylic acids is 1. The third-order valence-electron chi connectivity index (χ3n) is 11.8. The second-order valence-electron chi connectivity index (χ2n) is 15.2. The Labute approximate surface area is 292 Å². The van der Waals surface area contributed by atoms with E-state index in [2.05, 4.69) is 4.89 Å². The van der Waals surface area contributed by atoms with Crippen LogP contribution in [0.4, 0.5) is 0 Å². The number of ether oxygens (including phenoxy) is 3. The monoisotopic (exact) mass is 714 g/mol. The van der Waals surface area contributed by atoms with E-state index in [9.17, 15) is 34.9 Å². The van der Waals surface area contributed by atoms with Gasteiger partial charge in [0, 0.05) is 35.5 Å². The lowest BCUT2D eigenvalue weighted by molar-refractivity contribution is -0.530. The van der Waals surface area contributed by atoms with Gasteiger partial charge in [-0.3, -0.25) is 35.1 Å². The highest BCUT2D eigenvalue weighted by Gasteiger charge is 2.45. The zero-order chi connectivity index (χ0) is 35.6. The summed E-state index contributed by atoms with van der Waals surface area (Å²) in [4.78, 5) is 62.2. The Balaban J connectivity index is 0.965. The Kier molecular flexibility index (Phi) is 14.6. The summed E-state index contributed by atoms with van der Waals surface area (Å²) in [5.41, 5.74) is 0. The van der Waals surface area contributed by atoms with Crippen LogP contribution in [0.3, 0.4) is 0 Å². The first-order valence-electron chi connectivity index (χ1n) is 18.6. The van der Waals surface area contributed by atoms with Crippen LogP contribution < -0.4 is 0 Å². The average molecular weight is 715 g/mol. The molecule has 0 aromatic rings. The summed E-state index contributed by atoms with van der Waals surface area (Å²) in [6.07, 6.45) is 11.4. The molecule has 284 valence electrons. The van der Waals surface area contributed by atoms with Crippen LogP contribution in [0, 0.1) is 43.9 Å². The Morgan fingerprint density at radius 3 is 1.74 bits per heavy atom. The third kappa shape index (κ3) is 11.0. The van der Waals surface area contributed by atoms with Crippen LogP contribution in [-0.4, -0.2) is 94.1 Å². The Bertz CT molecular complexity index is 1130. The fourth-order valence-electron chi connectivity index (χ4n) is 8.83. The molecule has 0 aliphatic heterocycles. The molecule has 5 fully saturated rings. The van der Waals surface area contributed by atoms with Crippen LogP contribution in [-0.2, 0) is 38.5 Å². The van der Waals surface area contributed by atoms with Crippen molar-refractivity contribution in [2.45, 2.75) is 164 Å². The first-order chi connectivity index (χ1) is 24.1. The predicted molar refractivity (Wildman–Crippen MR) is 173 cm³/mol. The van der Waals surface area contributed by atoms with Gasteiger partial charge in [-0.1, -0.05) is 0 Å². The zero-order valence-electron chi connectivity index (χ0n) is 28.8. The molecule has 0 bridgehead atoms. The Morgan fingerprint density at radius 1 is 0.600 bits per heavy atom. The van der Waals surface area contributed by atoms with Crippen molar-refractivity contribution in [3.05, 3.63) is 20.2 Å². The summed E-state index contributed by atoms with van der Waals surface area (Å²) in [6, 6.07) is -1.53. The van der Waals surface area contributed by atoms with E-state index in [4.69, 9.17) is 29.2 Å². The summed E-state index contributed by atoms with van der Waals surface area (Å²) in [7, 11) is 0. The number of esters is 1. The minimum atomic E-state index is -1.11. The van der Waals surface area contributed by atoms with Crippen molar-refractivity contribution in [3.8, 4) is 0 Å². The van der Waals surface area contributed by atoms with E-state index in [0.29, 0.717) is 32.1 Å². The fourth-order valence-corrected chi connectivity index (χ4v) is 8.83. The highest BCUT2D eigenvalue weighted by molar-refractivity contribution is 5.81. The molecule has 5 saturated carbocycles. The van der Waals surface area contributed by atoms with E-state index >= 15 is 0 Å². The Morgan fingerprint density at radius 2 is 1.16 bits per heavy atom. The molecule has 5 aliphatic carbocycles. The molecule has 0 amide bonds. The van der Waals surface area contributed by atoms with Gasteiger partial charge < -0.3 is 19.3 Å². The van der Waals surface area contributed by atoms with Gasteiger partial charge in [0.25, 0.3) is 0 Å². The van der Waals surface area contributed by atoms with Gasteiger partial charge in [0.15, 0.2) is 0 Å². The van der Waals surface area contributed by atoms with E-state index < -0.39 is 40.8 Å². The first kappa shape index (κ1) is 38.7. The van der Waals surface area contributed by atoms with Gasteiger partial charge >= 0.3 is 11.9 Å². The molecule has 50 heavy (non-hydrogen) atoms. The molecule has 16 heteroatoms. The van der Waals surface area contributed by atoms with Crippen LogP contribution in [0.1, 0.15) is 116 Å². The van der Waals surface area contributed by atoms with Gasteiger partial charge in [-0.2, -0.15) is 0 Å². The second kappa shape index (κ2) is 18.8. The number of carboxylic acid groups (broad SMARTS) is 1. The Hall–Kier alpha value is -2.50. The number of aliphatic carboxylic acids is 1. The van der Waals surface area contributed by atoms with E-state index in [-0.39, 0.29) is 85.9 Å². The molecular weight excluding hydrogens is 660 g/mol. The molecule has 2 N–H and O–H groups in total. The van der Waals surface area contributed by atoms with Gasteiger partial charge in [-0.25, -0.2) is 14.7 Å². The molecule has 0 radical (unpaired) electrons. The lowest BCUT2D eigenvalue weighted by Gasteiger charge is -2.37. The van der Waals surface area contributed by atoms with Crippen LogP contribution >= 0.6 is 0 Å². The summed E-state index contributed by atoms with van der Waals surface area (Å²) in [5.74, 6) is -3.83. The van der Waals surface area contributed by atoms with Crippen molar-refractivity contribution in [2.75, 3.05) is 13.2 Å². The lowest BCUT2D eigenvalue weighted by atomic mass is 9.77. The van der Waals surface area contributed by atoms with Crippen LogP contribution in [0.5, 0.6) is 0 Å². The highest BCUT2D eigenvalue weighted by Crippen LogP contribution is 2.36. The molecule has 0 heterocycles. The quantitative estimate of drug-likeness (QED) is 0.0972. The molecule has 5 aliphatic rings. The molecular formula is C34H54N2O14. The summed E-state index contributed by atoms with van der Waals surface area (Å²) in [5, 5.41) is 41.1. The van der Waals surface area contributed by atoms with Crippen molar-refractivity contribution in [1.82, 2.24) is 0 Å². The normalized spacial score (nSPS) is 38.2. The fraction of sp³-hybridized carbons (Fsp3) is 0.941. The minimum absolute atomic E-state index is 0.0114. The highest BCUT2D eigenvalue weighted by atomic mass is 17.2. The minimum Gasteiger partial charge on any atom is -0.481 e. The molecule has 0 saturated heterocycles. The molecule has 16 nitrogen and oxygen atoms in total. The van der Waals surface area contributed by atoms with Crippen LogP contribution in [0.2, 0.25) is 0 Å². The first-order valence-corrected chi connectivity index (χ1v) is 18.6. The molecule has 0 aromatic heterocycles. The number of hydrogen-bond acceptors (Lipinski definition) is 13. The molecule has 8 unspecified atom stereocenters. The van der Waals surface area contributed by atoms with E-state index in [0.717, 1.165) is 64.2 Å². The number of nitrogens with zero attached hydrogens (tertiary/aromatic N) is 2. The maximum Gasteiger partial charge on any atom is 0.310 e. The van der Waals surface area contributed by atoms with Crippen molar-refractivity contribution in [2.24, 2.45) is 23.7 Å². The predicted octanol–water partition coefficient (Wildman–Crippen LogP) is 5.14. The van der Waals surface area contributed by atoms with Crippen molar-refractivity contribution in [3.63, 3.8) is 0 Å². The van der Waals surface area contributed by atoms with Gasteiger partial charge in [-0.15, -0.1) is 0 Å². The topological polar surface area (TPSA) is 216 Å². The molecule has 0 aromatic carbocycles. The second-order valence-corrected chi connectivity index (χ2v) is 15.2. The third-order valence-corrected chi connectivity index (χ3v) is 11.8. The van der Waals surface area contributed by atoms with Gasteiger partial charge in [0.1, 0.15) is 6.10 Å². The summed E-state index contributed by atoms with van der Waals surface area (Å²) in [6.45, 7) is 0.354. The number of nitro groups is 2. The van der Waals surface area contributed by atoms with Crippen molar-refractivity contribution < 1.29 is 58.7 Å². The maximum atomic E-state index is 12.9.